The van der Waals surface area contributed by atoms with E-state index in [0.29, 0.717) is 0 Å². The van der Waals surface area contributed by atoms with E-state index in [4.69, 9.17) is 16.3 Å². The Morgan fingerprint density at radius 2 is 2.24 bits per heavy atom. The van der Waals surface area contributed by atoms with Crippen LogP contribution >= 0.6 is 11.6 Å². The predicted octanol–water partition coefficient (Wildman–Crippen LogP) is 3.47. The van der Waals surface area contributed by atoms with Crippen LogP contribution in [-0.4, -0.2) is 26.1 Å². The van der Waals surface area contributed by atoms with Gasteiger partial charge in [0.05, 0.1) is 7.11 Å². The summed E-state index contributed by atoms with van der Waals surface area (Å²) in [5.41, 5.74) is 2.72. The Morgan fingerprint density at radius 1 is 1.35 bits per heavy atom. The van der Waals surface area contributed by atoms with Gasteiger partial charge in [0.15, 0.2) is 0 Å². The number of nitrogens with zero attached hydrogens (tertiary/aromatic N) is 1. The maximum absolute atomic E-state index is 5.73. The number of benzene rings is 1. The van der Waals surface area contributed by atoms with Crippen molar-refractivity contribution in [3.8, 4) is 5.75 Å². The summed E-state index contributed by atoms with van der Waals surface area (Å²) in [6.45, 7) is 2.26. The van der Waals surface area contributed by atoms with E-state index in [-0.39, 0.29) is 0 Å². The number of rotatable bonds is 5. The lowest BCUT2D eigenvalue weighted by Crippen LogP contribution is -2.30. The van der Waals surface area contributed by atoms with Crippen LogP contribution in [0, 0.1) is 0 Å². The van der Waals surface area contributed by atoms with Gasteiger partial charge in [0.2, 0.25) is 0 Å². The van der Waals surface area contributed by atoms with Crippen LogP contribution in [-0.2, 0) is 6.42 Å². The molecular weight excluding hydrogens is 234 g/mol. The van der Waals surface area contributed by atoms with Crippen molar-refractivity contribution in [2.45, 2.75) is 25.7 Å². The minimum Gasteiger partial charge on any atom is -0.496 e. The first-order valence-corrected chi connectivity index (χ1v) is 6.87. The molecule has 0 N–H and O–H groups in total. The monoisotopic (exact) mass is 253 g/mol. The van der Waals surface area contributed by atoms with Crippen LogP contribution in [0.15, 0.2) is 18.2 Å². The first kappa shape index (κ1) is 12.6. The minimum absolute atomic E-state index is 0.763. The minimum atomic E-state index is 0.763. The Hall–Kier alpha value is -0.890. The van der Waals surface area contributed by atoms with Crippen molar-refractivity contribution in [1.82, 2.24) is 0 Å². The fourth-order valence-electron chi connectivity index (χ4n) is 2.49. The van der Waals surface area contributed by atoms with Gasteiger partial charge < -0.3 is 9.64 Å². The normalized spacial score (nSPS) is 14.6. The molecule has 2 nitrogen and oxygen atoms in total. The van der Waals surface area contributed by atoms with Gasteiger partial charge in [-0.1, -0.05) is 6.07 Å². The molecule has 1 aromatic rings. The van der Waals surface area contributed by atoms with Crippen molar-refractivity contribution in [3.05, 3.63) is 23.8 Å². The molecule has 0 saturated carbocycles. The molecule has 2 rings (SSSR count). The van der Waals surface area contributed by atoms with E-state index in [0.717, 1.165) is 37.6 Å². The number of ether oxygens (including phenoxy) is 1. The highest BCUT2D eigenvalue weighted by molar-refractivity contribution is 6.17. The van der Waals surface area contributed by atoms with Gasteiger partial charge in [0, 0.05) is 30.2 Å². The summed E-state index contributed by atoms with van der Waals surface area (Å²) in [4.78, 5) is 2.47. The summed E-state index contributed by atoms with van der Waals surface area (Å²) in [6, 6.07) is 6.34. The van der Waals surface area contributed by atoms with E-state index >= 15 is 0 Å². The van der Waals surface area contributed by atoms with Crippen molar-refractivity contribution in [1.29, 1.82) is 0 Å². The second-order valence-corrected chi connectivity index (χ2v) is 4.82. The standard InChI is InChI=1S/C14H20ClNO/c1-17-14-8-4-7-13-12(14)6-5-11-16(13)10-3-2-9-15/h4,7-8H,2-3,5-6,9-11H2,1H3. The fraction of sp³-hybridized carbons (Fsp3) is 0.571. The quantitative estimate of drug-likeness (QED) is 0.589. The van der Waals surface area contributed by atoms with Crippen molar-refractivity contribution < 1.29 is 4.74 Å². The Kier molecular flexibility index (Phi) is 4.55. The lowest BCUT2D eigenvalue weighted by atomic mass is 10.0. The Labute approximate surface area is 109 Å². The number of methoxy groups -OCH3 is 1. The van der Waals surface area contributed by atoms with Gasteiger partial charge in [-0.25, -0.2) is 0 Å². The molecule has 0 fully saturated rings. The maximum Gasteiger partial charge on any atom is 0.124 e. The fourth-order valence-corrected chi connectivity index (χ4v) is 2.68. The molecule has 0 amide bonds. The maximum atomic E-state index is 5.73. The Balaban J connectivity index is 2.13. The first-order valence-electron chi connectivity index (χ1n) is 6.33. The number of unbranched alkanes of at least 4 members (excludes halogenated alkanes) is 1. The summed E-state index contributed by atoms with van der Waals surface area (Å²) in [7, 11) is 1.75. The van der Waals surface area contributed by atoms with Gasteiger partial charge in [-0.2, -0.15) is 0 Å². The highest BCUT2D eigenvalue weighted by Gasteiger charge is 2.19. The van der Waals surface area contributed by atoms with Crippen LogP contribution in [0.5, 0.6) is 5.75 Å². The average Bonchev–Trinajstić information content (AvgIpc) is 2.38. The highest BCUT2D eigenvalue weighted by Crippen LogP contribution is 2.34. The van der Waals surface area contributed by atoms with Crippen LogP contribution in [0.4, 0.5) is 5.69 Å². The lowest BCUT2D eigenvalue weighted by Gasteiger charge is -2.32. The number of alkyl halides is 1. The molecule has 0 atom stereocenters. The summed E-state index contributed by atoms with van der Waals surface area (Å²) in [5.74, 6) is 1.79. The molecule has 0 aliphatic carbocycles. The molecular formula is C14H20ClNO. The number of halogens is 1. The molecule has 1 aromatic carbocycles. The summed E-state index contributed by atoms with van der Waals surface area (Å²) in [6.07, 6.45) is 4.61. The Morgan fingerprint density at radius 3 is 3.00 bits per heavy atom. The van der Waals surface area contributed by atoms with Crippen LogP contribution in [0.3, 0.4) is 0 Å². The SMILES string of the molecule is COc1cccc2c1CCCN2CCCCCl. The third-order valence-electron chi connectivity index (χ3n) is 3.34. The number of anilines is 1. The number of hydrogen-bond donors (Lipinski definition) is 0. The van der Waals surface area contributed by atoms with Gasteiger partial charge in [-0.15, -0.1) is 11.6 Å². The largest absolute Gasteiger partial charge is 0.496 e. The van der Waals surface area contributed by atoms with Crippen molar-refractivity contribution in [2.24, 2.45) is 0 Å². The number of hydrogen-bond acceptors (Lipinski definition) is 2. The second-order valence-electron chi connectivity index (χ2n) is 4.44. The highest BCUT2D eigenvalue weighted by atomic mass is 35.5. The molecule has 3 heteroatoms. The Bertz CT molecular complexity index is 367. The van der Waals surface area contributed by atoms with Crippen molar-refractivity contribution >= 4 is 17.3 Å². The van der Waals surface area contributed by atoms with E-state index in [1.165, 1.54) is 24.1 Å². The van der Waals surface area contributed by atoms with Gasteiger partial charge >= 0.3 is 0 Å². The van der Waals surface area contributed by atoms with E-state index in [2.05, 4.69) is 23.1 Å². The van der Waals surface area contributed by atoms with Gasteiger partial charge in [0.25, 0.3) is 0 Å². The second kappa shape index (κ2) is 6.15. The third kappa shape index (κ3) is 2.86. The molecule has 1 aliphatic rings. The van der Waals surface area contributed by atoms with Crippen LogP contribution in [0.2, 0.25) is 0 Å². The molecule has 0 unspecified atom stereocenters. The molecule has 0 aromatic heterocycles. The van der Waals surface area contributed by atoms with Gasteiger partial charge in [0.1, 0.15) is 5.75 Å². The zero-order valence-corrected chi connectivity index (χ0v) is 11.2. The molecule has 0 saturated heterocycles. The van der Waals surface area contributed by atoms with Crippen molar-refractivity contribution in [2.75, 3.05) is 31.0 Å². The molecule has 0 spiro atoms. The average molecular weight is 254 g/mol. The van der Waals surface area contributed by atoms with Crippen LogP contribution in [0.1, 0.15) is 24.8 Å². The van der Waals surface area contributed by atoms with Crippen molar-refractivity contribution in [3.63, 3.8) is 0 Å². The van der Waals surface area contributed by atoms with E-state index in [1.54, 1.807) is 7.11 Å². The molecule has 1 heterocycles. The number of fused-ring (bicyclic) bond motifs is 1. The van der Waals surface area contributed by atoms with Gasteiger partial charge in [-0.3, -0.25) is 0 Å². The van der Waals surface area contributed by atoms with Gasteiger partial charge in [-0.05, 0) is 37.8 Å². The molecule has 17 heavy (non-hydrogen) atoms. The third-order valence-corrected chi connectivity index (χ3v) is 3.60. The van der Waals surface area contributed by atoms with E-state index < -0.39 is 0 Å². The molecule has 0 bridgehead atoms. The van der Waals surface area contributed by atoms with Crippen LogP contribution in [0.25, 0.3) is 0 Å². The summed E-state index contributed by atoms with van der Waals surface area (Å²) in [5, 5.41) is 0. The molecule has 1 aliphatic heterocycles. The van der Waals surface area contributed by atoms with E-state index in [9.17, 15) is 0 Å². The topological polar surface area (TPSA) is 12.5 Å². The zero-order valence-electron chi connectivity index (χ0n) is 10.4. The first-order chi connectivity index (χ1) is 8.36. The smallest absolute Gasteiger partial charge is 0.124 e. The van der Waals surface area contributed by atoms with E-state index in [1.807, 2.05) is 0 Å². The molecule has 94 valence electrons. The van der Waals surface area contributed by atoms with Crippen LogP contribution < -0.4 is 9.64 Å². The predicted molar refractivity (Wildman–Crippen MR) is 73.5 cm³/mol. The lowest BCUT2D eigenvalue weighted by molar-refractivity contribution is 0.407. The molecule has 0 radical (unpaired) electrons. The zero-order chi connectivity index (χ0) is 12.1. The summed E-state index contributed by atoms with van der Waals surface area (Å²) >= 11 is 5.73. The summed E-state index contributed by atoms with van der Waals surface area (Å²) < 4.78 is 5.44.